The van der Waals surface area contributed by atoms with E-state index in [1.54, 1.807) is 24.5 Å². The molecule has 1 aliphatic carbocycles. The summed E-state index contributed by atoms with van der Waals surface area (Å²) >= 11 is 3.28. The van der Waals surface area contributed by atoms with Gasteiger partial charge in [0.2, 0.25) is 0 Å². The van der Waals surface area contributed by atoms with Crippen molar-refractivity contribution in [2.24, 2.45) is 0 Å². The highest BCUT2D eigenvalue weighted by molar-refractivity contribution is 9.10. The topological polar surface area (TPSA) is 46.1 Å². The van der Waals surface area contributed by atoms with Crippen LogP contribution in [0, 0.1) is 0 Å². The van der Waals surface area contributed by atoms with Gasteiger partial charge in [0.15, 0.2) is 0 Å². The molecule has 0 aromatic carbocycles. The van der Waals surface area contributed by atoms with Gasteiger partial charge in [-0.3, -0.25) is 9.78 Å². The Morgan fingerprint density at radius 1 is 1.25 bits per heavy atom. The number of carbonyl (C=O) groups excluding carboxylic acids is 1. The van der Waals surface area contributed by atoms with Crippen LogP contribution in [0.2, 0.25) is 0 Å². The SMILES string of the molecule is O=C(c1ccc(Br)nc1)N(Cc1ccccn1)C1CC1. The zero-order valence-electron chi connectivity index (χ0n) is 10.9. The van der Waals surface area contributed by atoms with E-state index in [9.17, 15) is 4.79 Å². The number of carbonyl (C=O) groups is 1. The first-order chi connectivity index (χ1) is 9.74. The lowest BCUT2D eigenvalue weighted by Crippen LogP contribution is -2.33. The van der Waals surface area contributed by atoms with Crippen LogP contribution in [-0.4, -0.2) is 26.8 Å². The summed E-state index contributed by atoms with van der Waals surface area (Å²) in [5.41, 5.74) is 1.54. The molecule has 0 spiro atoms. The fraction of sp³-hybridized carbons (Fsp3) is 0.267. The number of amides is 1. The van der Waals surface area contributed by atoms with E-state index in [1.165, 1.54) is 0 Å². The fourth-order valence-electron chi connectivity index (χ4n) is 2.09. The molecule has 1 aliphatic rings. The van der Waals surface area contributed by atoms with Gasteiger partial charge in [-0.25, -0.2) is 4.98 Å². The summed E-state index contributed by atoms with van der Waals surface area (Å²) in [6.07, 6.45) is 5.51. The zero-order chi connectivity index (χ0) is 13.9. The lowest BCUT2D eigenvalue weighted by molar-refractivity contribution is 0.0727. The predicted molar refractivity (Wildman–Crippen MR) is 79.1 cm³/mol. The Labute approximate surface area is 126 Å². The van der Waals surface area contributed by atoms with Crippen molar-refractivity contribution in [3.05, 3.63) is 58.6 Å². The summed E-state index contributed by atoms with van der Waals surface area (Å²) in [7, 11) is 0. The molecule has 1 fully saturated rings. The first-order valence-electron chi connectivity index (χ1n) is 6.56. The number of halogens is 1. The molecule has 0 N–H and O–H groups in total. The Morgan fingerprint density at radius 3 is 2.70 bits per heavy atom. The number of rotatable bonds is 4. The number of nitrogens with zero attached hydrogens (tertiary/aromatic N) is 3. The van der Waals surface area contributed by atoms with Gasteiger partial charge in [0.1, 0.15) is 4.60 Å². The largest absolute Gasteiger partial charge is 0.330 e. The lowest BCUT2D eigenvalue weighted by Gasteiger charge is -2.22. The number of hydrogen-bond acceptors (Lipinski definition) is 3. The normalized spacial score (nSPS) is 14.1. The van der Waals surface area contributed by atoms with Crippen LogP contribution in [0.5, 0.6) is 0 Å². The molecule has 5 heteroatoms. The molecule has 0 aliphatic heterocycles. The zero-order valence-corrected chi connectivity index (χ0v) is 12.5. The highest BCUT2D eigenvalue weighted by Crippen LogP contribution is 2.29. The van der Waals surface area contributed by atoms with Crippen molar-refractivity contribution in [1.29, 1.82) is 0 Å². The van der Waals surface area contributed by atoms with Crippen LogP contribution in [-0.2, 0) is 6.54 Å². The first kappa shape index (κ1) is 13.2. The monoisotopic (exact) mass is 331 g/mol. The summed E-state index contributed by atoms with van der Waals surface area (Å²) in [4.78, 5) is 22.9. The molecule has 1 amide bonds. The van der Waals surface area contributed by atoms with Crippen LogP contribution in [0.25, 0.3) is 0 Å². The van der Waals surface area contributed by atoms with Gasteiger partial charge >= 0.3 is 0 Å². The fourth-order valence-corrected chi connectivity index (χ4v) is 2.32. The second kappa shape index (κ2) is 5.71. The third-order valence-corrected chi connectivity index (χ3v) is 3.75. The molecule has 2 aromatic heterocycles. The van der Waals surface area contributed by atoms with E-state index in [0.717, 1.165) is 23.1 Å². The van der Waals surface area contributed by atoms with Crippen molar-refractivity contribution in [3.63, 3.8) is 0 Å². The molecule has 0 bridgehead atoms. The van der Waals surface area contributed by atoms with Gasteiger partial charge in [0.05, 0.1) is 17.8 Å². The third-order valence-electron chi connectivity index (χ3n) is 3.28. The molecule has 0 saturated heterocycles. The summed E-state index contributed by atoms with van der Waals surface area (Å²) < 4.78 is 0.733. The van der Waals surface area contributed by atoms with Gasteiger partial charge in [-0.15, -0.1) is 0 Å². The Kier molecular flexibility index (Phi) is 3.78. The molecule has 2 heterocycles. The molecule has 2 aromatic rings. The molecule has 102 valence electrons. The molecular weight excluding hydrogens is 318 g/mol. The first-order valence-corrected chi connectivity index (χ1v) is 7.36. The number of pyridine rings is 2. The third kappa shape index (κ3) is 3.04. The number of hydrogen-bond donors (Lipinski definition) is 0. The van der Waals surface area contributed by atoms with Gasteiger partial charge in [-0.05, 0) is 53.0 Å². The molecule has 0 atom stereocenters. The Hall–Kier alpha value is -1.75. The molecule has 4 nitrogen and oxygen atoms in total. The van der Waals surface area contributed by atoms with E-state index in [4.69, 9.17) is 0 Å². The van der Waals surface area contributed by atoms with Gasteiger partial charge < -0.3 is 4.90 Å². The highest BCUT2D eigenvalue weighted by Gasteiger charge is 2.33. The summed E-state index contributed by atoms with van der Waals surface area (Å²) in [6, 6.07) is 9.70. The van der Waals surface area contributed by atoms with Crippen LogP contribution >= 0.6 is 15.9 Å². The minimum atomic E-state index is 0.0261. The maximum Gasteiger partial charge on any atom is 0.256 e. The predicted octanol–water partition coefficient (Wildman–Crippen LogP) is 3.04. The van der Waals surface area contributed by atoms with Gasteiger partial charge in [0.25, 0.3) is 5.91 Å². The van der Waals surface area contributed by atoms with Gasteiger partial charge in [-0.2, -0.15) is 0 Å². The summed E-state index contributed by atoms with van der Waals surface area (Å²) in [5, 5.41) is 0. The maximum atomic E-state index is 12.6. The Morgan fingerprint density at radius 2 is 2.10 bits per heavy atom. The van der Waals surface area contributed by atoms with Crippen molar-refractivity contribution in [3.8, 4) is 0 Å². The van der Waals surface area contributed by atoms with E-state index in [1.807, 2.05) is 23.1 Å². The van der Waals surface area contributed by atoms with Crippen LogP contribution in [0.3, 0.4) is 0 Å². The molecular formula is C15H14BrN3O. The lowest BCUT2D eigenvalue weighted by atomic mass is 10.2. The average Bonchev–Trinajstić information content (AvgIpc) is 3.30. The van der Waals surface area contributed by atoms with E-state index in [-0.39, 0.29) is 5.91 Å². The van der Waals surface area contributed by atoms with Crippen LogP contribution in [0.1, 0.15) is 28.9 Å². The van der Waals surface area contributed by atoms with E-state index in [0.29, 0.717) is 18.2 Å². The smallest absolute Gasteiger partial charge is 0.256 e. The molecule has 0 radical (unpaired) electrons. The molecule has 20 heavy (non-hydrogen) atoms. The molecule has 0 unspecified atom stereocenters. The van der Waals surface area contributed by atoms with Crippen molar-refractivity contribution >= 4 is 21.8 Å². The van der Waals surface area contributed by atoms with Crippen molar-refractivity contribution in [1.82, 2.24) is 14.9 Å². The quantitative estimate of drug-likeness (QED) is 0.809. The van der Waals surface area contributed by atoms with Crippen LogP contribution < -0.4 is 0 Å². The van der Waals surface area contributed by atoms with Gasteiger partial charge in [-0.1, -0.05) is 6.07 Å². The van der Waals surface area contributed by atoms with Crippen LogP contribution in [0.15, 0.2) is 47.3 Å². The van der Waals surface area contributed by atoms with Crippen molar-refractivity contribution in [2.45, 2.75) is 25.4 Å². The van der Waals surface area contributed by atoms with E-state index >= 15 is 0 Å². The highest BCUT2D eigenvalue weighted by atomic mass is 79.9. The minimum Gasteiger partial charge on any atom is -0.330 e. The van der Waals surface area contributed by atoms with E-state index < -0.39 is 0 Å². The van der Waals surface area contributed by atoms with E-state index in [2.05, 4.69) is 25.9 Å². The molecule has 3 rings (SSSR count). The average molecular weight is 332 g/mol. The number of aromatic nitrogens is 2. The summed E-state index contributed by atoms with van der Waals surface area (Å²) in [6.45, 7) is 0.556. The second-order valence-corrected chi connectivity index (χ2v) is 5.67. The second-order valence-electron chi connectivity index (χ2n) is 4.85. The summed E-state index contributed by atoms with van der Waals surface area (Å²) in [5.74, 6) is 0.0261. The maximum absolute atomic E-state index is 12.6. The molecule has 1 saturated carbocycles. The standard InChI is InChI=1S/C15H14BrN3O/c16-14-7-4-11(9-18-14)15(20)19(13-5-6-13)10-12-3-1-2-8-17-12/h1-4,7-9,13H,5-6,10H2. The van der Waals surface area contributed by atoms with Crippen molar-refractivity contribution < 1.29 is 4.79 Å². The van der Waals surface area contributed by atoms with Crippen molar-refractivity contribution in [2.75, 3.05) is 0 Å². The van der Waals surface area contributed by atoms with Gasteiger partial charge in [0, 0.05) is 18.4 Å². The minimum absolute atomic E-state index is 0.0261. The Bertz CT molecular complexity index is 596. The Balaban J connectivity index is 1.80. The van der Waals surface area contributed by atoms with Crippen LogP contribution in [0.4, 0.5) is 0 Å².